The largest absolute Gasteiger partial charge is 0.494 e. The number of carbonyl (C=O) groups excluding carboxylic acids is 2. The van der Waals surface area contributed by atoms with E-state index in [1.807, 2.05) is 24.3 Å². The first-order chi connectivity index (χ1) is 9.90. The average Bonchev–Trinajstić information content (AvgIpc) is 2.42. The Hall–Kier alpha value is -1.56. The molecule has 5 nitrogen and oxygen atoms in total. The molecule has 1 aromatic carbocycles. The first-order valence-corrected chi connectivity index (χ1v) is 7.48. The molecule has 0 fully saturated rings. The number of benzene rings is 1. The Labute approximate surface area is 133 Å². The molecular formula is C15H20BrNO4. The number of halogens is 1. The number of nitrogens with zero attached hydrogens (tertiary/aromatic N) is 1. The predicted octanol–water partition coefficient (Wildman–Crippen LogP) is 2.63. The Morgan fingerprint density at radius 2 is 2.05 bits per heavy atom. The smallest absolute Gasteiger partial charge is 0.306 e. The summed E-state index contributed by atoms with van der Waals surface area (Å²) in [5, 5.41) is 0. The highest BCUT2D eigenvalue weighted by atomic mass is 79.9. The summed E-state index contributed by atoms with van der Waals surface area (Å²) in [4.78, 5) is 24.5. The first-order valence-electron chi connectivity index (χ1n) is 6.69. The van der Waals surface area contributed by atoms with Crippen LogP contribution in [0.5, 0.6) is 5.75 Å². The minimum atomic E-state index is -0.751. The van der Waals surface area contributed by atoms with Gasteiger partial charge in [-0.3, -0.25) is 9.59 Å². The zero-order valence-corrected chi connectivity index (χ0v) is 14.1. The number of carbonyl (C=O) groups is 2. The maximum absolute atomic E-state index is 11.6. The average molecular weight is 358 g/mol. The summed E-state index contributed by atoms with van der Waals surface area (Å²) < 4.78 is 11.5. The van der Waals surface area contributed by atoms with Crippen molar-refractivity contribution in [1.29, 1.82) is 0 Å². The molecule has 0 heterocycles. The fourth-order valence-corrected chi connectivity index (χ4v) is 2.01. The van der Waals surface area contributed by atoms with Crippen LogP contribution in [0.2, 0.25) is 0 Å². The number of hydrogen-bond donors (Lipinski definition) is 0. The van der Waals surface area contributed by atoms with Gasteiger partial charge in [-0.05, 0) is 31.5 Å². The van der Waals surface area contributed by atoms with E-state index in [0.717, 1.165) is 10.2 Å². The van der Waals surface area contributed by atoms with Crippen LogP contribution in [0.15, 0.2) is 28.7 Å². The Morgan fingerprint density at radius 3 is 2.67 bits per heavy atom. The fraction of sp³-hybridized carbons (Fsp3) is 0.467. The van der Waals surface area contributed by atoms with Crippen molar-refractivity contribution in [3.63, 3.8) is 0 Å². The monoisotopic (exact) mass is 357 g/mol. The van der Waals surface area contributed by atoms with Gasteiger partial charge in [-0.15, -0.1) is 0 Å². The van der Waals surface area contributed by atoms with Gasteiger partial charge in [0.25, 0.3) is 5.91 Å². The molecule has 0 N–H and O–H groups in total. The minimum Gasteiger partial charge on any atom is -0.494 e. The van der Waals surface area contributed by atoms with Gasteiger partial charge in [-0.2, -0.15) is 0 Å². The normalized spacial score (nSPS) is 11.6. The van der Waals surface area contributed by atoms with Gasteiger partial charge in [0.1, 0.15) is 5.75 Å². The van der Waals surface area contributed by atoms with Crippen LogP contribution in [0.4, 0.5) is 0 Å². The Bertz CT molecular complexity index is 490. The zero-order valence-electron chi connectivity index (χ0n) is 12.5. The summed E-state index contributed by atoms with van der Waals surface area (Å²) >= 11 is 3.36. The van der Waals surface area contributed by atoms with Crippen molar-refractivity contribution in [2.75, 3.05) is 20.7 Å². The molecule has 0 spiro atoms. The first kappa shape index (κ1) is 17.5. The van der Waals surface area contributed by atoms with E-state index in [2.05, 4.69) is 15.9 Å². The van der Waals surface area contributed by atoms with Crippen LogP contribution in [0.1, 0.15) is 19.8 Å². The third-order valence-electron chi connectivity index (χ3n) is 2.69. The maximum Gasteiger partial charge on any atom is 0.306 e. The lowest BCUT2D eigenvalue weighted by Crippen LogP contribution is -2.34. The Kier molecular flexibility index (Phi) is 7.22. The number of hydrogen-bond acceptors (Lipinski definition) is 4. The molecule has 6 heteroatoms. The number of esters is 1. The van der Waals surface area contributed by atoms with E-state index >= 15 is 0 Å². The SMILES string of the molecule is CC(OC(=O)CCCOc1cccc(Br)c1)C(=O)N(C)C. The summed E-state index contributed by atoms with van der Waals surface area (Å²) in [5.74, 6) is 0.123. The minimum absolute atomic E-state index is 0.221. The van der Waals surface area contributed by atoms with Gasteiger partial charge < -0.3 is 14.4 Å². The highest BCUT2D eigenvalue weighted by Gasteiger charge is 2.18. The van der Waals surface area contributed by atoms with E-state index in [0.29, 0.717) is 13.0 Å². The third-order valence-corrected chi connectivity index (χ3v) is 3.18. The molecule has 0 saturated carbocycles. The van der Waals surface area contributed by atoms with Gasteiger partial charge in [0.15, 0.2) is 6.10 Å². The van der Waals surface area contributed by atoms with Gasteiger partial charge in [0.05, 0.1) is 6.61 Å². The van der Waals surface area contributed by atoms with E-state index in [9.17, 15) is 9.59 Å². The molecule has 0 saturated heterocycles. The Morgan fingerprint density at radius 1 is 1.33 bits per heavy atom. The second-order valence-corrected chi connectivity index (χ2v) is 5.69. The van der Waals surface area contributed by atoms with Crippen LogP contribution in [0, 0.1) is 0 Å². The molecule has 1 unspecified atom stereocenters. The van der Waals surface area contributed by atoms with Gasteiger partial charge >= 0.3 is 5.97 Å². The zero-order chi connectivity index (χ0) is 15.8. The number of amides is 1. The Balaban J connectivity index is 2.23. The molecular weight excluding hydrogens is 338 g/mol. The van der Waals surface area contributed by atoms with Crippen molar-refractivity contribution in [2.24, 2.45) is 0 Å². The van der Waals surface area contributed by atoms with Gasteiger partial charge in [0, 0.05) is 25.0 Å². The van der Waals surface area contributed by atoms with Crippen LogP contribution in [0.25, 0.3) is 0 Å². The van der Waals surface area contributed by atoms with Crippen molar-refractivity contribution in [3.8, 4) is 5.75 Å². The summed E-state index contributed by atoms with van der Waals surface area (Å²) in [5.41, 5.74) is 0. The van der Waals surface area contributed by atoms with E-state index in [1.165, 1.54) is 4.90 Å². The van der Waals surface area contributed by atoms with Crippen LogP contribution < -0.4 is 4.74 Å². The molecule has 21 heavy (non-hydrogen) atoms. The quantitative estimate of drug-likeness (QED) is 0.556. The highest BCUT2D eigenvalue weighted by Crippen LogP contribution is 2.17. The molecule has 1 atom stereocenters. The fourth-order valence-electron chi connectivity index (χ4n) is 1.63. The van der Waals surface area contributed by atoms with Gasteiger partial charge in [-0.25, -0.2) is 0 Å². The third kappa shape index (κ3) is 6.62. The topological polar surface area (TPSA) is 55.8 Å². The molecule has 0 aliphatic rings. The van der Waals surface area contributed by atoms with Crippen LogP contribution in [0.3, 0.4) is 0 Å². The number of rotatable bonds is 7. The van der Waals surface area contributed by atoms with Gasteiger partial charge in [0.2, 0.25) is 0 Å². The summed E-state index contributed by atoms with van der Waals surface area (Å²) in [7, 11) is 3.25. The number of likely N-dealkylation sites (N-methyl/N-ethyl adjacent to an activating group) is 1. The van der Waals surface area contributed by atoms with Crippen LogP contribution in [-0.4, -0.2) is 43.6 Å². The second-order valence-electron chi connectivity index (χ2n) is 4.77. The van der Waals surface area contributed by atoms with Crippen LogP contribution >= 0.6 is 15.9 Å². The molecule has 0 aliphatic heterocycles. The summed E-state index contributed by atoms with van der Waals surface area (Å²) in [6.45, 7) is 1.99. The van der Waals surface area contributed by atoms with Crippen molar-refractivity contribution >= 4 is 27.8 Å². The standard InChI is InChI=1S/C15H20BrNO4/c1-11(15(19)17(2)3)21-14(18)8-5-9-20-13-7-4-6-12(16)10-13/h4,6-7,10-11H,5,8-9H2,1-3H3. The van der Waals surface area contributed by atoms with E-state index in [4.69, 9.17) is 9.47 Å². The predicted molar refractivity (Wildman–Crippen MR) is 83.1 cm³/mol. The number of ether oxygens (including phenoxy) is 2. The lowest BCUT2D eigenvalue weighted by molar-refractivity contribution is -0.158. The lowest BCUT2D eigenvalue weighted by Gasteiger charge is -2.17. The van der Waals surface area contributed by atoms with Gasteiger partial charge in [-0.1, -0.05) is 22.0 Å². The van der Waals surface area contributed by atoms with E-state index in [1.54, 1.807) is 21.0 Å². The molecule has 0 radical (unpaired) electrons. The van der Waals surface area contributed by atoms with Crippen LogP contribution in [-0.2, 0) is 14.3 Å². The highest BCUT2D eigenvalue weighted by molar-refractivity contribution is 9.10. The van der Waals surface area contributed by atoms with Crippen molar-refractivity contribution in [1.82, 2.24) is 4.90 Å². The lowest BCUT2D eigenvalue weighted by atomic mass is 10.3. The molecule has 0 bridgehead atoms. The van der Waals surface area contributed by atoms with E-state index in [-0.39, 0.29) is 12.3 Å². The van der Waals surface area contributed by atoms with Crippen molar-refractivity contribution in [3.05, 3.63) is 28.7 Å². The second kappa shape index (κ2) is 8.67. The van der Waals surface area contributed by atoms with E-state index < -0.39 is 12.1 Å². The summed E-state index contributed by atoms with van der Waals surface area (Å²) in [6.07, 6.45) is 0.00582. The summed E-state index contributed by atoms with van der Waals surface area (Å²) in [6, 6.07) is 7.49. The molecule has 116 valence electrons. The molecule has 1 amide bonds. The van der Waals surface area contributed by atoms with Crippen molar-refractivity contribution in [2.45, 2.75) is 25.9 Å². The van der Waals surface area contributed by atoms with Crippen molar-refractivity contribution < 1.29 is 19.1 Å². The molecule has 0 aromatic heterocycles. The molecule has 1 rings (SSSR count). The molecule has 1 aromatic rings. The molecule has 0 aliphatic carbocycles. The maximum atomic E-state index is 11.6.